The van der Waals surface area contributed by atoms with Crippen LogP contribution in [-0.2, 0) is 4.79 Å². The average molecular weight is 372 g/mol. The SMILES string of the molecule is COc1ccccc1C1CNCCN1C(=O)CSc1nc(C)cc(C)n1. The van der Waals surface area contributed by atoms with Gasteiger partial charge in [-0.2, -0.15) is 0 Å². The molecular weight excluding hydrogens is 348 g/mol. The highest BCUT2D eigenvalue weighted by molar-refractivity contribution is 7.99. The molecule has 0 radical (unpaired) electrons. The Kier molecular flexibility index (Phi) is 6.11. The fourth-order valence-corrected chi connectivity index (χ4v) is 4.03. The number of hydrogen-bond donors (Lipinski definition) is 1. The maximum atomic E-state index is 12.9. The van der Waals surface area contributed by atoms with Crippen molar-refractivity contribution in [1.29, 1.82) is 0 Å². The van der Waals surface area contributed by atoms with Crippen molar-refractivity contribution in [3.63, 3.8) is 0 Å². The zero-order chi connectivity index (χ0) is 18.5. The summed E-state index contributed by atoms with van der Waals surface area (Å²) in [6.45, 7) is 6.07. The van der Waals surface area contributed by atoms with E-state index in [0.29, 0.717) is 17.5 Å². The molecular formula is C19H24N4O2S. The van der Waals surface area contributed by atoms with Gasteiger partial charge in [0.25, 0.3) is 0 Å². The zero-order valence-electron chi connectivity index (χ0n) is 15.4. The van der Waals surface area contributed by atoms with E-state index >= 15 is 0 Å². The highest BCUT2D eigenvalue weighted by Gasteiger charge is 2.29. The van der Waals surface area contributed by atoms with Gasteiger partial charge in [-0.15, -0.1) is 0 Å². The molecule has 2 aromatic rings. The molecule has 1 aliphatic heterocycles. The molecule has 1 aromatic carbocycles. The molecule has 2 heterocycles. The van der Waals surface area contributed by atoms with Crippen molar-refractivity contribution < 1.29 is 9.53 Å². The molecule has 26 heavy (non-hydrogen) atoms. The van der Waals surface area contributed by atoms with Crippen LogP contribution in [0.15, 0.2) is 35.5 Å². The van der Waals surface area contributed by atoms with Crippen LogP contribution in [0.3, 0.4) is 0 Å². The van der Waals surface area contributed by atoms with E-state index < -0.39 is 0 Å². The normalized spacial score (nSPS) is 17.2. The lowest BCUT2D eigenvalue weighted by atomic mass is 10.0. The Morgan fingerprint density at radius 3 is 2.77 bits per heavy atom. The van der Waals surface area contributed by atoms with Gasteiger partial charge < -0.3 is 15.0 Å². The topological polar surface area (TPSA) is 67.3 Å². The second-order valence-electron chi connectivity index (χ2n) is 6.27. The monoisotopic (exact) mass is 372 g/mol. The molecule has 1 amide bonds. The van der Waals surface area contributed by atoms with Crippen LogP contribution in [0.2, 0.25) is 0 Å². The summed E-state index contributed by atoms with van der Waals surface area (Å²) in [5.74, 6) is 1.23. The number of piperazine rings is 1. The van der Waals surface area contributed by atoms with Crippen LogP contribution < -0.4 is 10.1 Å². The first-order valence-electron chi connectivity index (χ1n) is 8.66. The summed E-state index contributed by atoms with van der Waals surface area (Å²) in [7, 11) is 1.66. The van der Waals surface area contributed by atoms with Crippen molar-refractivity contribution in [1.82, 2.24) is 20.2 Å². The van der Waals surface area contributed by atoms with Gasteiger partial charge in [0.05, 0.1) is 18.9 Å². The molecule has 1 atom stereocenters. The number of nitrogens with one attached hydrogen (secondary N) is 1. The summed E-state index contributed by atoms with van der Waals surface area (Å²) < 4.78 is 5.49. The summed E-state index contributed by atoms with van der Waals surface area (Å²) in [5, 5.41) is 4.03. The molecule has 1 N–H and O–H groups in total. The predicted octanol–water partition coefficient (Wildman–Crippen LogP) is 2.37. The molecule has 3 rings (SSSR count). The Morgan fingerprint density at radius 2 is 2.04 bits per heavy atom. The van der Waals surface area contributed by atoms with Gasteiger partial charge in [-0.25, -0.2) is 9.97 Å². The smallest absolute Gasteiger partial charge is 0.233 e. The fraction of sp³-hybridized carbons (Fsp3) is 0.421. The molecule has 0 spiro atoms. The van der Waals surface area contributed by atoms with E-state index in [1.165, 1.54) is 11.8 Å². The van der Waals surface area contributed by atoms with E-state index in [0.717, 1.165) is 35.8 Å². The largest absolute Gasteiger partial charge is 0.496 e. The minimum absolute atomic E-state index is 0.0341. The number of para-hydroxylation sites is 1. The second-order valence-corrected chi connectivity index (χ2v) is 7.21. The number of nitrogens with zero attached hydrogens (tertiary/aromatic N) is 3. The highest BCUT2D eigenvalue weighted by Crippen LogP contribution is 2.30. The van der Waals surface area contributed by atoms with E-state index in [2.05, 4.69) is 15.3 Å². The third kappa shape index (κ3) is 4.34. The first-order chi connectivity index (χ1) is 12.6. The summed E-state index contributed by atoms with van der Waals surface area (Å²) in [6, 6.07) is 9.78. The maximum absolute atomic E-state index is 12.9. The van der Waals surface area contributed by atoms with E-state index in [9.17, 15) is 4.79 Å². The number of hydrogen-bond acceptors (Lipinski definition) is 6. The lowest BCUT2D eigenvalue weighted by Gasteiger charge is -2.37. The van der Waals surface area contributed by atoms with Crippen LogP contribution >= 0.6 is 11.8 Å². The Labute approximate surface area is 158 Å². The van der Waals surface area contributed by atoms with E-state index in [1.54, 1.807) is 7.11 Å². The van der Waals surface area contributed by atoms with Crippen LogP contribution in [-0.4, -0.2) is 53.3 Å². The summed E-state index contributed by atoms with van der Waals surface area (Å²) in [6.07, 6.45) is 0. The molecule has 0 bridgehead atoms. The van der Waals surface area contributed by atoms with Gasteiger partial charge >= 0.3 is 0 Å². The first-order valence-corrected chi connectivity index (χ1v) is 9.65. The number of amides is 1. The molecule has 1 aliphatic rings. The van der Waals surface area contributed by atoms with Gasteiger partial charge in [0.2, 0.25) is 5.91 Å². The summed E-state index contributed by atoms with van der Waals surface area (Å²) in [5.41, 5.74) is 2.87. The number of carbonyl (C=O) groups excluding carboxylic acids is 1. The van der Waals surface area contributed by atoms with Crippen LogP contribution in [0.5, 0.6) is 5.75 Å². The Balaban J connectivity index is 1.73. The molecule has 138 valence electrons. The number of carbonyl (C=O) groups is 1. The summed E-state index contributed by atoms with van der Waals surface area (Å²) >= 11 is 1.39. The molecule has 6 nitrogen and oxygen atoms in total. The minimum Gasteiger partial charge on any atom is -0.496 e. The van der Waals surface area contributed by atoms with Crippen molar-refractivity contribution in [3.05, 3.63) is 47.3 Å². The molecule has 1 fully saturated rings. The molecule has 0 saturated carbocycles. The van der Waals surface area contributed by atoms with Crippen molar-refractivity contribution in [2.75, 3.05) is 32.5 Å². The van der Waals surface area contributed by atoms with Crippen molar-refractivity contribution in [3.8, 4) is 5.75 Å². The molecule has 7 heteroatoms. The number of benzene rings is 1. The van der Waals surface area contributed by atoms with Gasteiger partial charge in [-0.3, -0.25) is 4.79 Å². The second kappa shape index (κ2) is 8.51. The number of aromatic nitrogens is 2. The lowest BCUT2D eigenvalue weighted by molar-refractivity contribution is -0.131. The number of ether oxygens (including phenoxy) is 1. The van der Waals surface area contributed by atoms with Gasteiger partial charge in [-0.1, -0.05) is 30.0 Å². The lowest BCUT2D eigenvalue weighted by Crippen LogP contribution is -2.49. The number of aryl methyl sites for hydroxylation is 2. The minimum atomic E-state index is -0.0341. The zero-order valence-corrected chi connectivity index (χ0v) is 16.2. The Hall–Kier alpha value is -2.12. The number of methoxy groups -OCH3 is 1. The Morgan fingerprint density at radius 1 is 1.31 bits per heavy atom. The van der Waals surface area contributed by atoms with Crippen LogP contribution in [0.25, 0.3) is 0 Å². The molecule has 1 aromatic heterocycles. The maximum Gasteiger partial charge on any atom is 0.233 e. The fourth-order valence-electron chi connectivity index (χ4n) is 3.19. The number of rotatable bonds is 5. The standard InChI is InChI=1S/C19H24N4O2S/c1-13-10-14(2)22-19(21-13)26-12-18(24)23-9-8-20-11-16(23)15-6-4-5-7-17(15)25-3/h4-7,10,16,20H,8-9,11-12H2,1-3H3. The third-order valence-corrected chi connectivity index (χ3v) is 5.18. The molecule has 0 aliphatic carbocycles. The number of thioether (sulfide) groups is 1. The van der Waals surface area contributed by atoms with Crippen LogP contribution in [0.4, 0.5) is 0 Å². The van der Waals surface area contributed by atoms with E-state index in [4.69, 9.17) is 4.74 Å². The van der Waals surface area contributed by atoms with Crippen molar-refractivity contribution in [2.45, 2.75) is 25.0 Å². The van der Waals surface area contributed by atoms with Gasteiger partial charge in [-0.05, 0) is 26.0 Å². The van der Waals surface area contributed by atoms with Gasteiger partial charge in [0.1, 0.15) is 5.75 Å². The van der Waals surface area contributed by atoms with Crippen LogP contribution in [0, 0.1) is 13.8 Å². The van der Waals surface area contributed by atoms with E-state index in [-0.39, 0.29) is 11.9 Å². The molecule has 1 unspecified atom stereocenters. The third-order valence-electron chi connectivity index (χ3n) is 4.35. The average Bonchev–Trinajstić information content (AvgIpc) is 2.65. The van der Waals surface area contributed by atoms with Crippen molar-refractivity contribution >= 4 is 17.7 Å². The predicted molar refractivity (Wildman–Crippen MR) is 103 cm³/mol. The summed E-state index contributed by atoms with van der Waals surface area (Å²) in [4.78, 5) is 23.6. The highest BCUT2D eigenvalue weighted by atomic mass is 32.2. The van der Waals surface area contributed by atoms with Crippen molar-refractivity contribution in [2.24, 2.45) is 0 Å². The van der Waals surface area contributed by atoms with Gasteiger partial charge in [0.15, 0.2) is 5.16 Å². The van der Waals surface area contributed by atoms with Crippen LogP contribution in [0.1, 0.15) is 23.0 Å². The first kappa shape index (κ1) is 18.7. The Bertz CT molecular complexity index is 764. The van der Waals surface area contributed by atoms with E-state index in [1.807, 2.05) is 49.1 Å². The molecule has 1 saturated heterocycles. The quantitative estimate of drug-likeness (QED) is 0.642. The van der Waals surface area contributed by atoms with Gasteiger partial charge in [0, 0.05) is 36.6 Å².